The van der Waals surface area contributed by atoms with Gasteiger partial charge in [-0.2, -0.15) is 5.11 Å². The molecule has 5 heteroatoms. The quantitative estimate of drug-likeness (QED) is 0.891. The minimum Gasteiger partial charge on any atom is -0.342 e. The van der Waals surface area contributed by atoms with Crippen LogP contribution in [-0.4, -0.2) is 30.3 Å². The second kappa shape index (κ2) is 5.36. The first-order valence-corrected chi connectivity index (χ1v) is 9.38. The van der Waals surface area contributed by atoms with Gasteiger partial charge in [-0.3, -0.25) is 9.69 Å². The smallest absolute Gasteiger partial charge is 0.162 e. The van der Waals surface area contributed by atoms with Crippen LogP contribution in [0.15, 0.2) is 63.2 Å². The van der Waals surface area contributed by atoms with E-state index in [1.807, 2.05) is 6.07 Å². The number of hydrogen-bond acceptors (Lipinski definition) is 5. The number of ketones is 1. The Bertz CT molecular complexity index is 873. The standard InChI is InChI=1S/C21H24N4O/c1-20(2)8-16-18(17(26)9-20)21(15-10-22-24-19(15)23-16)12-25(13-21)11-14-6-4-3-5-7-14/h3-7,23H,8-13H2,1-2H3. The predicted octanol–water partition coefficient (Wildman–Crippen LogP) is 3.41. The van der Waals surface area contributed by atoms with Crippen LogP contribution in [0.3, 0.4) is 0 Å². The Labute approximate surface area is 153 Å². The van der Waals surface area contributed by atoms with Gasteiger partial charge in [0.25, 0.3) is 0 Å². The first-order chi connectivity index (χ1) is 12.5. The Morgan fingerprint density at radius 2 is 1.92 bits per heavy atom. The van der Waals surface area contributed by atoms with E-state index in [2.05, 4.69) is 58.6 Å². The van der Waals surface area contributed by atoms with Crippen LogP contribution in [0.2, 0.25) is 0 Å². The summed E-state index contributed by atoms with van der Waals surface area (Å²) in [5.41, 5.74) is 4.47. The summed E-state index contributed by atoms with van der Waals surface area (Å²) in [6.45, 7) is 7.66. The van der Waals surface area contributed by atoms with E-state index in [-0.39, 0.29) is 10.8 Å². The molecular formula is C21H24N4O. The van der Waals surface area contributed by atoms with Crippen molar-refractivity contribution in [1.29, 1.82) is 0 Å². The molecule has 1 aliphatic carbocycles. The molecule has 1 aromatic carbocycles. The van der Waals surface area contributed by atoms with Crippen molar-refractivity contribution in [2.45, 2.75) is 33.2 Å². The van der Waals surface area contributed by atoms with Crippen molar-refractivity contribution >= 4 is 5.78 Å². The first-order valence-electron chi connectivity index (χ1n) is 9.38. The van der Waals surface area contributed by atoms with Gasteiger partial charge < -0.3 is 5.32 Å². The van der Waals surface area contributed by atoms with Crippen LogP contribution >= 0.6 is 0 Å². The minimum absolute atomic E-state index is 0.00535. The molecule has 0 unspecified atom stereocenters. The molecule has 0 bridgehead atoms. The SMILES string of the molecule is CC1(C)CC(=O)C2=C(C1)NC1=C(CN=N1)C21CN(Cc2ccccc2)C1. The van der Waals surface area contributed by atoms with E-state index < -0.39 is 0 Å². The molecule has 1 fully saturated rings. The van der Waals surface area contributed by atoms with Crippen molar-refractivity contribution in [3.63, 3.8) is 0 Å². The van der Waals surface area contributed by atoms with E-state index >= 15 is 0 Å². The molecule has 1 N–H and O–H groups in total. The number of benzene rings is 1. The van der Waals surface area contributed by atoms with Crippen LogP contribution in [0, 0.1) is 10.8 Å². The Morgan fingerprint density at radius 1 is 1.15 bits per heavy atom. The molecule has 134 valence electrons. The summed E-state index contributed by atoms with van der Waals surface area (Å²) in [6, 6.07) is 10.5. The predicted molar refractivity (Wildman–Crippen MR) is 99.1 cm³/mol. The minimum atomic E-state index is -0.179. The third kappa shape index (κ3) is 2.30. The number of dihydropyridines is 1. The summed E-state index contributed by atoms with van der Waals surface area (Å²) in [7, 11) is 0. The highest BCUT2D eigenvalue weighted by Crippen LogP contribution is 2.54. The molecule has 1 saturated heterocycles. The van der Waals surface area contributed by atoms with Crippen molar-refractivity contribution in [2.24, 2.45) is 21.1 Å². The Kier molecular flexibility index (Phi) is 3.29. The summed E-state index contributed by atoms with van der Waals surface area (Å²) in [5.74, 6) is 1.20. The van der Waals surface area contributed by atoms with Crippen molar-refractivity contribution in [2.75, 3.05) is 19.6 Å². The van der Waals surface area contributed by atoms with Crippen LogP contribution in [0.1, 0.15) is 32.3 Å². The van der Waals surface area contributed by atoms with Gasteiger partial charge in [0, 0.05) is 42.9 Å². The van der Waals surface area contributed by atoms with E-state index in [4.69, 9.17) is 0 Å². The van der Waals surface area contributed by atoms with Crippen molar-refractivity contribution < 1.29 is 4.79 Å². The molecule has 0 atom stereocenters. The van der Waals surface area contributed by atoms with Crippen molar-refractivity contribution in [3.8, 4) is 0 Å². The Morgan fingerprint density at radius 3 is 2.69 bits per heavy atom. The summed E-state index contributed by atoms with van der Waals surface area (Å²) >= 11 is 0. The summed E-state index contributed by atoms with van der Waals surface area (Å²) in [5, 5.41) is 12.1. The van der Waals surface area contributed by atoms with E-state index in [0.29, 0.717) is 18.7 Å². The second-order valence-corrected chi connectivity index (χ2v) is 8.86. The van der Waals surface area contributed by atoms with Crippen LogP contribution in [-0.2, 0) is 11.3 Å². The number of nitrogens with one attached hydrogen (secondary N) is 1. The number of allylic oxidation sites excluding steroid dienone is 1. The number of carbonyl (C=O) groups is 1. The lowest BCUT2D eigenvalue weighted by molar-refractivity contribution is -0.120. The van der Waals surface area contributed by atoms with Gasteiger partial charge >= 0.3 is 0 Å². The van der Waals surface area contributed by atoms with Gasteiger partial charge in [0.2, 0.25) is 0 Å². The van der Waals surface area contributed by atoms with E-state index in [0.717, 1.165) is 43.1 Å². The lowest BCUT2D eigenvalue weighted by Crippen LogP contribution is -2.62. The number of rotatable bonds is 2. The second-order valence-electron chi connectivity index (χ2n) is 8.86. The van der Waals surface area contributed by atoms with Gasteiger partial charge in [-0.05, 0) is 17.4 Å². The number of hydrogen-bond donors (Lipinski definition) is 1. The fraction of sp³-hybridized carbons (Fsp3) is 0.476. The van der Waals surface area contributed by atoms with Crippen LogP contribution in [0.4, 0.5) is 0 Å². The molecule has 0 saturated carbocycles. The molecule has 26 heavy (non-hydrogen) atoms. The number of fused-ring (bicyclic) bond motifs is 2. The highest BCUT2D eigenvalue weighted by atomic mass is 16.1. The van der Waals surface area contributed by atoms with Crippen molar-refractivity contribution in [3.05, 3.63) is 58.6 Å². The lowest BCUT2D eigenvalue weighted by atomic mass is 9.60. The maximum atomic E-state index is 13.1. The largest absolute Gasteiger partial charge is 0.342 e. The van der Waals surface area contributed by atoms with E-state index in [9.17, 15) is 4.79 Å². The highest BCUT2D eigenvalue weighted by Gasteiger charge is 2.56. The fourth-order valence-corrected chi connectivity index (χ4v) is 5.09. The number of likely N-dealkylation sites (tertiary alicyclic amines) is 1. The number of azo groups is 1. The average Bonchev–Trinajstić information content (AvgIpc) is 3.01. The first kappa shape index (κ1) is 15.9. The maximum absolute atomic E-state index is 13.1. The molecular weight excluding hydrogens is 324 g/mol. The molecule has 5 nitrogen and oxygen atoms in total. The third-order valence-corrected chi connectivity index (χ3v) is 6.12. The number of carbonyl (C=O) groups excluding carboxylic acids is 1. The van der Waals surface area contributed by atoms with Gasteiger partial charge in [-0.1, -0.05) is 44.2 Å². The molecule has 0 amide bonds. The van der Waals surface area contributed by atoms with Gasteiger partial charge in [0.15, 0.2) is 11.6 Å². The number of nitrogens with zero attached hydrogens (tertiary/aromatic N) is 3. The summed E-state index contributed by atoms with van der Waals surface area (Å²) < 4.78 is 0. The van der Waals surface area contributed by atoms with Gasteiger partial charge in [0.1, 0.15) is 0 Å². The molecule has 3 aliphatic heterocycles. The van der Waals surface area contributed by atoms with Gasteiger partial charge in [-0.25, -0.2) is 0 Å². The topological polar surface area (TPSA) is 57.1 Å². The van der Waals surface area contributed by atoms with Crippen LogP contribution < -0.4 is 5.32 Å². The maximum Gasteiger partial charge on any atom is 0.162 e. The normalized spacial score (nSPS) is 25.8. The molecule has 5 rings (SSSR count). The monoisotopic (exact) mass is 348 g/mol. The number of Topliss-reactive ketones (excluding diaryl/α,β-unsaturated/α-hetero) is 1. The van der Waals surface area contributed by atoms with Crippen molar-refractivity contribution in [1.82, 2.24) is 10.2 Å². The third-order valence-electron chi connectivity index (χ3n) is 6.12. The summed E-state index contributed by atoms with van der Waals surface area (Å²) in [6.07, 6.45) is 1.53. The molecule has 3 heterocycles. The fourth-order valence-electron chi connectivity index (χ4n) is 5.09. The van der Waals surface area contributed by atoms with E-state index in [1.54, 1.807) is 0 Å². The Balaban J connectivity index is 1.47. The van der Waals surface area contributed by atoms with Gasteiger partial charge in [0.05, 0.1) is 12.0 Å². The van der Waals surface area contributed by atoms with Crippen LogP contribution in [0.5, 0.6) is 0 Å². The molecule has 0 radical (unpaired) electrons. The lowest BCUT2D eigenvalue weighted by Gasteiger charge is -2.55. The Hall–Kier alpha value is -2.27. The zero-order valence-electron chi connectivity index (χ0n) is 15.4. The molecule has 0 aromatic heterocycles. The van der Waals surface area contributed by atoms with Gasteiger partial charge in [-0.15, -0.1) is 5.11 Å². The average molecular weight is 348 g/mol. The summed E-state index contributed by atoms with van der Waals surface area (Å²) in [4.78, 5) is 15.5. The van der Waals surface area contributed by atoms with E-state index in [1.165, 1.54) is 11.1 Å². The van der Waals surface area contributed by atoms with Crippen LogP contribution in [0.25, 0.3) is 0 Å². The zero-order chi connectivity index (χ0) is 17.9. The molecule has 1 aromatic rings. The molecule has 1 spiro atoms. The zero-order valence-corrected chi connectivity index (χ0v) is 15.4. The molecule has 4 aliphatic rings. The highest BCUT2D eigenvalue weighted by molar-refractivity contribution is 6.00.